The van der Waals surface area contributed by atoms with Crippen molar-refractivity contribution in [2.75, 3.05) is 0 Å². The molecule has 0 saturated heterocycles. The van der Waals surface area contributed by atoms with Gasteiger partial charge in [-0.05, 0) is 17.6 Å². The fourth-order valence-corrected chi connectivity index (χ4v) is 1.38. The molecule has 1 radical (unpaired) electrons. The van der Waals surface area contributed by atoms with Gasteiger partial charge in [0, 0.05) is 12.1 Å². The van der Waals surface area contributed by atoms with Crippen molar-refractivity contribution >= 4 is 12.9 Å². The molecule has 0 aliphatic rings. The van der Waals surface area contributed by atoms with Crippen LogP contribution in [0, 0.1) is 34.9 Å². The van der Waals surface area contributed by atoms with E-state index in [2.05, 4.69) is 0 Å². The molecule has 0 spiro atoms. The minimum Gasteiger partial charge on any atom is -0.558 e. The summed E-state index contributed by atoms with van der Waals surface area (Å²) >= 11 is 0. The van der Waals surface area contributed by atoms with Gasteiger partial charge in [0.1, 0.15) is 5.75 Å². The highest BCUT2D eigenvalue weighted by Crippen LogP contribution is 2.19. The molecule has 0 bridgehead atoms. The summed E-state index contributed by atoms with van der Waals surface area (Å²) in [4.78, 5) is 0. The van der Waals surface area contributed by atoms with Crippen LogP contribution in [0.1, 0.15) is 0 Å². The molecule has 2 aromatic carbocycles. The van der Waals surface area contributed by atoms with Crippen LogP contribution in [0.15, 0.2) is 24.3 Å². The molecule has 2 rings (SSSR count). The summed E-state index contributed by atoms with van der Waals surface area (Å²) < 4.78 is 81.6. The maximum absolute atomic E-state index is 12.9. The first-order valence-electron chi connectivity index (χ1n) is 5.17. The van der Waals surface area contributed by atoms with E-state index in [0.717, 1.165) is 7.48 Å². The van der Waals surface area contributed by atoms with Crippen LogP contribution in [-0.4, -0.2) is 7.48 Å². The molecule has 0 atom stereocenters. The summed E-state index contributed by atoms with van der Waals surface area (Å²) in [5, 5.41) is 0. The molecule has 0 aromatic heterocycles. The van der Waals surface area contributed by atoms with Crippen LogP contribution in [0.5, 0.6) is 5.75 Å². The molecule has 1 nitrogen and oxygen atoms in total. The molecule has 0 heterocycles. The summed E-state index contributed by atoms with van der Waals surface area (Å²) in [5.41, 5.74) is -0.216. The molecule has 0 unspecified atom stereocenters. The summed E-state index contributed by atoms with van der Waals surface area (Å²) in [6, 6.07) is 2.33. The fraction of sp³-hybridized carbons (Fsp3) is 0. The van der Waals surface area contributed by atoms with Gasteiger partial charge in [-0.1, -0.05) is 0 Å². The highest BCUT2D eigenvalue weighted by molar-refractivity contribution is 6.47. The zero-order valence-electron chi connectivity index (χ0n) is 9.56. The molecule has 0 N–H and O–H groups in total. The summed E-state index contributed by atoms with van der Waals surface area (Å²) in [6.45, 7) is 0. The minimum atomic E-state index is -1.67. The van der Waals surface area contributed by atoms with Crippen LogP contribution >= 0.6 is 0 Å². The number of rotatable bonds is 3. The highest BCUT2D eigenvalue weighted by atomic mass is 19.2. The van der Waals surface area contributed by atoms with Crippen LogP contribution in [0.25, 0.3) is 0 Å². The van der Waals surface area contributed by atoms with Gasteiger partial charge in [-0.3, -0.25) is 0 Å². The molecule has 20 heavy (non-hydrogen) atoms. The van der Waals surface area contributed by atoms with E-state index in [0.29, 0.717) is 24.3 Å². The van der Waals surface area contributed by atoms with Crippen LogP contribution in [0.4, 0.5) is 26.3 Å². The molecule has 0 aliphatic carbocycles. The van der Waals surface area contributed by atoms with Crippen molar-refractivity contribution in [2.24, 2.45) is 0 Å². The van der Waals surface area contributed by atoms with Gasteiger partial charge >= 0.3 is 7.48 Å². The van der Waals surface area contributed by atoms with Crippen LogP contribution < -0.4 is 10.1 Å². The quantitative estimate of drug-likeness (QED) is 0.479. The third kappa shape index (κ3) is 2.89. The van der Waals surface area contributed by atoms with E-state index in [1.165, 1.54) is 0 Å². The monoisotopic (exact) mass is 289 g/mol. The van der Waals surface area contributed by atoms with Crippen LogP contribution in [0.2, 0.25) is 0 Å². The van der Waals surface area contributed by atoms with E-state index in [9.17, 15) is 26.3 Å². The largest absolute Gasteiger partial charge is 0.558 e. The van der Waals surface area contributed by atoms with Gasteiger partial charge in [-0.2, -0.15) is 0 Å². The third-order valence-electron chi connectivity index (χ3n) is 2.29. The highest BCUT2D eigenvalue weighted by Gasteiger charge is 2.14. The Hall–Kier alpha value is -2.12. The smallest absolute Gasteiger partial charge is 0.409 e. The lowest BCUT2D eigenvalue weighted by Gasteiger charge is -2.07. The summed E-state index contributed by atoms with van der Waals surface area (Å²) in [5.74, 6) is -9.61. The van der Waals surface area contributed by atoms with Gasteiger partial charge < -0.3 is 4.65 Å². The number of halogens is 6. The van der Waals surface area contributed by atoms with Gasteiger partial charge in [-0.25, -0.2) is 26.3 Å². The predicted molar refractivity (Wildman–Crippen MR) is 58.6 cm³/mol. The first kappa shape index (κ1) is 14.3. The number of benzene rings is 2. The maximum Gasteiger partial charge on any atom is 0.409 e. The lowest BCUT2D eigenvalue weighted by atomic mass is 9.87. The molecular weight excluding hydrogens is 285 g/mol. The predicted octanol–water partition coefficient (Wildman–Crippen LogP) is 2.84. The Morgan fingerprint density at radius 2 is 1.05 bits per heavy atom. The Morgan fingerprint density at radius 1 is 0.650 bits per heavy atom. The molecule has 0 amide bonds. The average molecular weight is 289 g/mol. The standard InChI is InChI=1S/C12H4BF6O/c14-7-1-5(2-8(15)11(7)18)13-20-6-3-9(16)12(19)10(17)4-6/h1-4H. The van der Waals surface area contributed by atoms with Crippen molar-refractivity contribution in [2.45, 2.75) is 0 Å². The number of hydrogen-bond acceptors (Lipinski definition) is 1. The first-order valence-corrected chi connectivity index (χ1v) is 5.17. The molecule has 2 aromatic rings. The molecule has 0 fully saturated rings. The van der Waals surface area contributed by atoms with E-state index >= 15 is 0 Å². The minimum absolute atomic E-state index is 0.216. The molecular formula is C12H4BF6O. The lowest BCUT2D eigenvalue weighted by Crippen LogP contribution is -2.22. The van der Waals surface area contributed by atoms with Crippen molar-refractivity contribution in [1.29, 1.82) is 0 Å². The number of hydrogen-bond donors (Lipinski definition) is 0. The van der Waals surface area contributed by atoms with Crippen molar-refractivity contribution in [3.8, 4) is 5.75 Å². The van der Waals surface area contributed by atoms with Crippen molar-refractivity contribution in [3.05, 3.63) is 59.2 Å². The van der Waals surface area contributed by atoms with Gasteiger partial charge in [0.2, 0.25) is 0 Å². The van der Waals surface area contributed by atoms with E-state index < -0.39 is 40.7 Å². The Kier molecular flexibility index (Phi) is 3.92. The van der Waals surface area contributed by atoms with E-state index in [1.807, 2.05) is 0 Å². The van der Waals surface area contributed by atoms with Gasteiger partial charge in [0.05, 0.1) is 0 Å². The topological polar surface area (TPSA) is 9.23 Å². The second-order valence-electron chi connectivity index (χ2n) is 3.74. The van der Waals surface area contributed by atoms with Crippen molar-refractivity contribution in [3.63, 3.8) is 0 Å². The fourth-order valence-electron chi connectivity index (χ4n) is 1.38. The first-order chi connectivity index (χ1) is 9.38. The van der Waals surface area contributed by atoms with Crippen molar-refractivity contribution in [1.82, 2.24) is 0 Å². The zero-order valence-corrected chi connectivity index (χ0v) is 9.56. The lowest BCUT2D eigenvalue weighted by molar-refractivity contribution is 0.438. The Morgan fingerprint density at radius 3 is 1.50 bits per heavy atom. The Labute approximate surface area is 110 Å². The van der Waals surface area contributed by atoms with E-state index in [-0.39, 0.29) is 5.46 Å². The van der Waals surface area contributed by atoms with Crippen LogP contribution in [0.3, 0.4) is 0 Å². The summed E-state index contributed by atoms with van der Waals surface area (Å²) in [7, 11) is 0.734. The van der Waals surface area contributed by atoms with Gasteiger partial charge in [0.15, 0.2) is 34.9 Å². The van der Waals surface area contributed by atoms with Crippen LogP contribution in [-0.2, 0) is 0 Å². The second kappa shape index (κ2) is 5.48. The molecule has 8 heteroatoms. The SMILES string of the molecule is Fc1cc([B]Oc2cc(F)c(F)c(F)c2)cc(F)c1F. The maximum atomic E-state index is 12.9. The zero-order chi connectivity index (χ0) is 14.9. The van der Waals surface area contributed by atoms with Gasteiger partial charge in [-0.15, -0.1) is 0 Å². The second-order valence-corrected chi connectivity index (χ2v) is 3.74. The Balaban J connectivity index is 2.17. The summed E-state index contributed by atoms with van der Waals surface area (Å²) in [6.07, 6.45) is 0. The van der Waals surface area contributed by atoms with Crippen molar-refractivity contribution < 1.29 is 31.0 Å². The molecule has 0 saturated carbocycles. The molecule has 0 aliphatic heterocycles. The van der Waals surface area contributed by atoms with Gasteiger partial charge in [0.25, 0.3) is 0 Å². The van der Waals surface area contributed by atoms with E-state index in [1.54, 1.807) is 0 Å². The van der Waals surface area contributed by atoms with E-state index in [4.69, 9.17) is 4.65 Å². The molecule has 103 valence electrons. The normalized spacial score (nSPS) is 10.5. The third-order valence-corrected chi connectivity index (χ3v) is 2.29. The average Bonchev–Trinajstić information content (AvgIpc) is 2.39. The Bertz CT molecular complexity index is 557.